The highest BCUT2D eigenvalue weighted by molar-refractivity contribution is 8.00. The number of aromatic nitrogens is 2. The first-order chi connectivity index (χ1) is 7.14. The topological polar surface area (TPSA) is 64.1 Å². The highest BCUT2D eigenvalue weighted by atomic mass is 32.2. The van der Waals surface area contributed by atoms with E-state index >= 15 is 0 Å². The van der Waals surface area contributed by atoms with Crippen LogP contribution in [0.2, 0.25) is 0 Å². The molecule has 5 nitrogen and oxygen atoms in total. The molecule has 1 aliphatic rings. The Balaban J connectivity index is 1.99. The molecule has 15 heavy (non-hydrogen) atoms. The molecule has 1 aromatic rings. The second kappa shape index (κ2) is 4.07. The van der Waals surface area contributed by atoms with Crippen molar-refractivity contribution >= 4 is 34.1 Å². The summed E-state index contributed by atoms with van der Waals surface area (Å²) in [6, 6.07) is 0. The van der Waals surface area contributed by atoms with Crippen LogP contribution in [0, 0.1) is 5.41 Å². The fraction of sp³-hybridized carbons (Fsp3) is 0.625. The van der Waals surface area contributed by atoms with E-state index in [1.54, 1.807) is 0 Å². The molecule has 2 heterocycles. The van der Waals surface area contributed by atoms with E-state index < -0.39 is 5.41 Å². The molecule has 7 heteroatoms. The van der Waals surface area contributed by atoms with Gasteiger partial charge < -0.3 is 4.74 Å². The molecule has 0 saturated carbocycles. The fourth-order valence-corrected chi connectivity index (χ4v) is 2.30. The Kier molecular flexibility index (Phi) is 2.94. The molecule has 1 fully saturated rings. The van der Waals surface area contributed by atoms with E-state index in [0.717, 1.165) is 4.34 Å². The molecule has 0 spiro atoms. The third kappa shape index (κ3) is 2.14. The smallest absolute Gasteiger partial charge is 0.236 e. The standard InChI is InChI=1S/C8H11N3O2S2/c1-8(3-13-4-8)5(12)9-6-10-11-7(14-2)15-6/h3-4H2,1-2H3,(H,9,10,12). The van der Waals surface area contributed by atoms with Gasteiger partial charge in [0.15, 0.2) is 4.34 Å². The zero-order valence-electron chi connectivity index (χ0n) is 8.44. The molecule has 0 aliphatic carbocycles. The monoisotopic (exact) mass is 245 g/mol. The van der Waals surface area contributed by atoms with Gasteiger partial charge in [0.05, 0.1) is 18.6 Å². The summed E-state index contributed by atoms with van der Waals surface area (Å²) in [5.74, 6) is -0.0439. The molecule has 1 amide bonds. The van der Waals surface area contributed by atoms with E-state index in [4.69, 9.17) is 4.74 Å². The summed E-state index contributed by atoms with van der Waals surface area (Å²) in [7, 11) is 0. The van der Waals surface area contributed by atoms with Crippen LogP contribution in [0.3, 0.4) is 0 Å². The van der Waals surface area contributed by atoms with Crippen molar-refractivity contribution in [1.29, 1.82) is 0 Å². The van der Waals surface area contributed by atoms with Crippen LogP contribution in [0.25, 0.3) is 0 Å². The minimum atomic E-state index is -0.398. The van der Waals surface area contributed by atoms with Crippen LogP contribution in [-0.2, 0) is 9.53 Å². The number of amides is 1. The predicted molar refractivity (Wildman–Crippen MR) is 59.2 cm³/mol. The van der Waals surface area contributed by atoms with E-state index in [9.17, 15) is 4.79 Å². The molecule has 0 unspecified atom stereocenters. The lowest BCUT2D eigenvalue weighted by Gasteiger charge is -2.35. The van der Waals surface area contributed by atoms with Crippen LogP contribution in [-0.4, -0.2) is 35.6 Å². The molecule has 1 aliphatic heterocycles. The Morgan fingerprint density at radius 1 is 1.60 bits per heavy atom. The van der Waals surface area contributed by atoms with Crippen molar-refractivity contribution in [2.75, 3.05) is 24.8 Å². The predicted octanol–water partition coefficient (Wildman–Crippen LogP) is 1.23. The number of hydrogen-bond donors (Lipinski definition) is 1. The number of ether oxygens (including phenoxy) is 1. The molecule has 1 N–H and O–H groups in total. The minimum Gasteiger partial charge on any atom is -0.379 e. The molecule has 0 bridgehead atoms. The Labute approximate surface area is 95.6 Å². The lowest BCUT2D eigenvalue weighted by Crippen LogP contribution is -2.49. The molecular formula is C8H11N3O2S2. The molecular weight excluding hydrogens is 234 g/mol. The van der Waals surface area contributed by atoms with Gasteiger partial charge in [-0.3, -0.25) is 10.1 Å². The van der Waals surface area contributed by atoms with E-state index in [1.807, 2.05) is 13.2 Å². The fourth-order valence-electron chi connectivity index (χ4n) is 1.13. The van der Waals surface area contributed by atoms with E-state index in [2.05, 4.69) is 15.5 Å². The number of anilines is 1. The highest BCUT2D eigenvalue weighted by Crippen LogP contribution is 2.29. The highest BCUT2D eigenvalue weighted by Gasteiger charge is 2.41. The third-order valence-corrected chi connectivity index (χ3v) is 4.01. The van der Waals surface area contributed by atoms with Crippen molar-refractivity contribution in [3.63, 3.8) is 0 Å². The van der Waals surface area contributed by atoms with Gasteiger partial charge in [-0.25, -0.2) is 0 Å². The average molecular weight is 245 g/mol. The van der Waals surface area contributed by atoms with Crippen molar-refractivity contribution in [3.8, 4) is 0 Å². The maximum atomic E-state index is 11.8. The molecule has 1 saturated heterocycles. The van der Waals surface area contributed by atoms with E-state index in [-0.39, 0.29) is 5.91 Å². The number of carbonyl (C=O) groups is 1. The van der Waals surface area contributed by atoms with Crippen molar-refractivity contribution in [2.45, 2.75) is 11.3 Å². The summed E-state index contributed by atoms with van der Waals surface area (Å²) < 4.78 is 5.87. The summed E-state index contributed by atoms with van der Waals surface area (Å²) in [5.41, 5.74) is -0.398. The number of nitrogens with one attached hydrogen (secondary N) is 1. The van der Waals surface area contributed by atoms with E-state index in [1.165, 1.54) is 23.1 Å². The lowest BCUT2D eigenvalue weighted by atomic mass is 9.88. The van der Waals surface area contributed by atoms with Gasteiger partial charge in [0.1, 0.15) is 0 Å². The maximum absolute atomic E-state index is 11.8. The van der Waals surface area contributed by atoms with Gasteiger partial charge in [-0.05, 0) is 13.2 Å². The lowest BCUT2D eigenvalue weighted by molar-refractivity contribution is -0.151. The first-order valence-electron chi connectivity index (χ1n) is 4.41. The third-order valence-electron chi connectivity index (χ3n) is 2.19. The second-order valence-electron chi connectivity index (χ2n) is 3.58. The molecule has 2 rings (SSSR count). The largest absolute Gasteiger partial charge is 0.379 e. The number of thioether (sulfide) groups is 1. The van der Waals surface area contributed by atoms with Gasteiger partial charge in [-0.2, -0.15) is 0 Å². The SMILES string of the molecule is CSc1nnc(NC(=O)C2(C)COC2)s1. The van der Waals surface area contributed by atoms with Gasteiger partial charge >= 0.3 is 0 Å². The molecule has 82 valence electrons. The van der Waals surface area contributed by atoms with Crippen molar-refractivity contribution in [1.82, 2.24) is 10.2 Å². The number of carbonyl (C=O) groups excluding carboxylic acids is 1. The van der Waals surface area contributed by atoms with Crippen LogP contribution >= 0.6 is 23.1 Å². The Hall–Kier alpha value is -0.660. The maximum Gasteiger partial charge on any atom is 0.236 e. The summed E-state index contributed by atoms with van der Waals surface area (Å²) in [4.78, 5) is 11.8. The Bertz CT molecular complexity index is 376. The van der Waals surface area contributed by atoms with E-state index in [0.29, 0.717) is 18.3 Å². The number of hydrogen-bond acceptors (Lipinski definition) is 6. The van der Waals surface area contributed by atoms with Crippen molar-refractivity contribution in [3.05, 3.63) is 0 Å². The molecule has 0 aromatic carbocycles. The first-order valence-corrected chi connectivity index (χ1v) is 6.45. The van der Waals surface area contributed by atoms with Crippen LogP contribution in [0.15, 0.2) is 4.34 Å². The van der Waals surface area contributed by atoms with Crippen LogP contribution in [0.5, 0.6) is 0 Å². The zero-order chi connectivity index (χ0) is 10.9. The molecule has 0 radical (unpaired) electrons. The van der Waals surface area contributed by atoms with Crippen LogP contribution < -0.4 is 5.32 Å². The average Bonchev–Trinajstić information content (AvgIpc) is 2.61. The first kappa shape index (κ1) is 10.8. The Morgan fingerprint density at radius 3 is 2.80 bits per heavy atom. The minimum absolute atomic E-state index is 0.0439. The number of nitrogens with zero attached hydrogens (tertiary/aromatic N) is 2. The normalized spacial score (nSPS) is 18.3. The zero-order valence-corrected chi connectivity index (χ0v) is 10.1. The summed E-state index contributed by atoms with van der Waals surface area (Å²) >= 11 is 2.89. The summed E-state index contributed by atoms with van der Waals surface area (Å²) in [6.45, 7) is 2.84. The van der Waals surface area contributed by atoms with Gasteiger partial charge in [0.2, 0.25) is 11.0 Å². The van der Waals surface area contributed by atoms with Crippen molar-refractivity contribution < 1.29 is 9.53 Å². The summed E-state index contributed by atoms with van der Waals surface area (Å²) in [6.07, 6.45) is 1.92. The Morgan fingerprint density at radius 2 is 2.33 bits per heavy atom. The molecule has 1 aromatic heterocycles. The van der Waals surface area contributed by atoms with Gasteiger partial charge in [0, 0.05) is 0 Å². The van der Waals surface area contributed by atoms with Gasteiger partial charge in [0.25, 0.3) is 0 Å². The molecule has 0 atom stereocenters. The van der Waals surface area contributed by atoms with Crippen molar-refractivity contribution in [2.24, 2.45) is 5.41 Å². The quantitative estimate of drug-likeness (QED) is 0.641. The van der Waals surface area contributed by atoms with Gasteiger partial charge in [-0.15, -0.1) is 10.2 Å². The van der Waals surface area contributed by atoms with Crippen LogP contribution in [0.1, 0.15) is 6.92 Å². The van der Waals surface area contributed by atoms with Gasteiger partial charge in [-0.1, -0.05) is 23.1 Å². The van der Waals surface area contributed by atoms with Crippen LogP contribution in [0.4, 0.5) is 5.13 Å². The summed E-state index contributed by atoms with van der Waals surface area (Å²) in [5, 5.41) is 11.1. The number of rotatable bonds is 3. The second-order valence-corrected chi connectivity index (χ2v) is 5.62.